The van der Waals surface area contributed by atoms with Crippen molar-refractivity contribution in [3.63, 3.8) is 0 Å². The van der Waals surface area contributed by atoms with Crippen molar-refractivity contribution in [2.24, 2.45) is 0 Å². The minimum atomic E-state index is -0.157. The van der Waals surface area contributed by atoms with Gasteiger partial charge in [-0.3, -0.25) is 14.0 Å². The highest BCUT2D eigenvalue weighted by Gasteiger charge is 2.16. The number of ether oxygens (including phenoxy) is 1. The number of aromatic nitrogens is 3. The highest BCUT2D eigenvalue weighted by Crippen LogP contribution is 2.22. The number of pyridine rings is 1. The van der Waals surface area contributed by atoms with Crippen molar-refractivity contribution >= 4 is 21.7 Å². The number of rotatable bonds is 7. The minimum absolute atomic E-state index is 0.157. The van der Waals surface area contributed by atoms with E-state index < -0.39 is 0 Å². The van der Waals surface area contributed by atoms with Crippen molar-refractivity contribution in [3.05, 3.63) is 101 Å². The van der Waals surface area contributed by atoms with Crippen molar-refractivity contribution < 1.29 is 4.74 Å². The molecule has 6 heteroatoms. The Bertz CT molecular complexity index is 1550. The second-order valence-corrected chi connectivity index (χ2v) is 9.15. The van der Waals surface area contributed by atoms with Crippen LogP contribution in [0.25, 0.3) is 27.5 Å². The average Bonchev–Trinajstić information content (AvgIpc) is 3.54. The van der Waals surface area contributed by atoms with Crippen LogP contribution in [-0.2, 0) is 13.2 Å². The van der Waals surface area contributed by atoms with E-state index in [1.165, 1.54) is 23.6 Å². The number of nitrogens with zero attached hydrogens (tertiary/aromatic N) is 4. The van der Waals surface area contributed by atoms with Crippen LogP contribution in [0.5, 0.6) is 5.75 Å². The molecule has 3 aromatic carbocycles. The lowest BCUT2D eigenvalue weighted by Crippen LogP contribution is -2.24. The summed E-state index contributed by atoms with van der Waals surface area (Å²) in [5.74, 6) is 1.21. The third-order valence-corrected chi connectivity index (χ3v) is 6.80. The van der Waals surface area contributed by atoms with Gasteiger partial charge in [0.2, 0.25) is 0 Å². The number of hydrogen-bond acceptors (Lipinski definition) is 4. The summed E-state index contributed by atoms with van der Waals surface area (Å²) in [5, 5.41) is 8.20. The van der Waals surface area contributed by atoms with Crippen LogP contribution in [0, 0.1) is 0 Å². The van der Waals surface area contributed by atoms with Crippen molar-refractivity contribution in [2.75, 3.05) is 19.6 Å². The van der Waals surface area contributed by atoms with Crippen LogP contribution < -0.4 is 10.3 Å². The molecule has 0 unspecified atom stereocenters. The third-order valence-electron chi connectivity index (χ3n) is 6.80. The predicted octanol–water partition coefficient (Wildman–Crippen LogP) is 5.02. The average molecular weight is 465 g/mol. The maximum Gasteiger partial charge on any atom is 0.260 e. The molecule has 2 aromatic heterocycles. The molecule has 0 saturated carbocycles. The monoisotopic (exact) mass is 464 g/mol. The first kappa shape index (κ1) is 21.6. The van der Waals surface area contributed by atoms with Gasteiger partial charge in [-0.2, -0.15) is 5.10 Å². The molecule has 0 radical (unpaired) electrons. The summed E-state index contributed by atoms with van der Waals surface area (Å²) in [6, 6.07) is 26.0. The van der Waals surface area contributed by atoms with Crippen molar-refractivity contribution in [3.8, 4) is 11.6 Å². The SMILES string of the molecule is O=c1cc(OCc2ccc3ccccc3c2)ccn1-c1nn(CCN2CCCC2)c2ccccc12. The van der Waals surface area contributed by atoms with Crippen molar-refractivity contribution in [1.29, 1.82) is 0 Å². The molecule has 176 valence electrons. The molecule has 0 spiro atoms. The van der Waals surface area contributed by atoms with Crippen LogP contribution in [-0.4, -0.2) is 38.9 Å². The highest BCUT2D eigenvalue weighted by molar-refractivity contribution is 5.86. The zero-order chi connectivity index (χ0) is 23.6. The van der Waals surface area contributed by atoms with E-state index >= 15 is 0 Å². The fourth-order valence-electron chi connectivity index (χ4n) is 4.92. The molecule has 5 aromatic rings. The molecule has 1 saturated heterocycles. The van der Waals surface area contributed by atoms with Crippen molar-refractivity contribution in [1.82, 2.24) is 19.2 Å². The van der Waals surface area contributed by atoms with Gasteiger partial charge in [-0.05, 0) is 66.5 Å². The van der Waals surface area contributed by atoms with E-state index in [9.17, 15) is 4.79 Å². The molecule has 1 fully saturated rings. The molecule has 0 amide bonds. The van der Waals surface area contributed by atoms with E-state index in [0.717, 1.165) is 42.6 Å². The zero-order valence-corrected chi connectivity index (χ0v) is 19.6. The van der Waals surface area contributed by atoms with Crippen LogP contribution >= 0.6 is 0 Å². The van der Waals surface area contributed by atoms with Gasteiger partial charge in [0.1, 0.15) is 12.4 Å². The Morgan fingerprint density at radius 1 is 0.829 bits per heavy atom. The second-order valence-electron chi connectivity index (χ2n) is 9.15. The summed E-state index contributed by atoms with van der Waals surface area (Å²) in [4.78, 5) is 15.5. The summed E-state index contributed by atoms with van der Waals surface area (Å²) in [6.45, 7) is 4.50. The van der Waals surface area contributed by atoms with Crippen LogP contribution in [0.4, 0.5) is 0 Å². The lowest BCUT2D eigenvalue weighted by Gasteiger charge is -2.14. The van der Waals surface area contributed by atoms with Gasteiger partial charge in [0.25, 0.3) is 5.56 Å². The van der Waals surface area contributed by atoms with Gasteiger partial charge >= 0.3 is 0 Å². The molecule has 1 aliphatic heterocycles. The number of benzene rings is 3. The smallest absolute Gasteiger partial charge is 0.260 e. The van der Waals surface area contributed by atoms with Crippen molar-refractivity contribution in [2.45, 2.75) is 26.0 Å². The van der Waals surface area contributed by atoms with Crippen LogP contribution in [0.3, 0.4) is 0 Å². The molecule has 0 atom stereocenters. The maximum absolute atomic E-state index is 13.1. The first-order chi connectivity index (χ1) is 17.2. The van der Waals surface area contributed by atoms with Crippen LogP contribution in [0.2, 0.25) is 0 Å². The fraction of sp³-hybridized carbons (Fsp3) is 0.241. The topological polar surface area (TPSA) is 52.3 Å². The van der Waals surface area contributed by atoms with Gasteiger partial charge in [-0.25, -0.2) is 0 Å². The Balaban J connectivity index is 1.23. The molecular weight excluding hydrogens is 436 g/mol. The van der Waals surface area contributed by atoms with Gasteiger partial charge in [-0.15, -0.1) is 0 Å². The Kier molecular flexibility index (Phi) is 5.80. The van der Waals surface area contributed by atoms with Crippen LogP contribution in [0.1, 0.15) is 18.4 Å². The third kappa shape index (κ3) is 4.45. The predicted molar refractivity (Wildman–Crippen MR) is 139 cm³/mol. The highest BCUT2D eigenvalue weighted by atomic mass is 16.5. The first-order valence-corrected chi connectivity index (χ1v) is 12.3. The van der Waals surface area contributed by atoms with E-state index in [2.05, 4.69) is 41.3 Å². The standard InChI is InChI=1S/C29H28N4O2/c34-28-20-25(35-21-22-11-12-23-7-1-2-8-24(23)19-22)13-16-32(28)29-26-9-3-4-10-27(26)33(30-29)18-17-31-14-5-6-15-31/h1-4,7-13,16,19-20H,5-6,14-15,17-18,21H2. The van der Waals surface area contributed by atoms with E-state index in [4.69, 9.17) is 9.84 Å². The normalized spacial score (nSPS) is 14.2. The Labute approximate surface area is 204 Å². The van der Waals surface area contributed by atoms with E-state index in [0.29, 0.717) is 18.2 Å². The van der Waals surface area contributed by atoms with Crippen LogP contribution in [0.15, 0.2) is 89.9 Å². The summed E-state index contributed by atoms with van der Waals surface area (Å²) in [5.41, 5.74) is 1.96. The van der Waals surface area contributed by atoms with E-state index in [1.54, 1.807) is 16.8 Å². The lowest BCUT2D eigenvalue weighted by atomic mass is 10.1. The second kappa shape index (κ2) is 9.39. The molecule has 0 bridgehead atoms. The maximum atomic E-state index is 13.1. The van der Waals surface area contributed by atoms with Gasteiger partial charge in [0.15, 0.2) is 5.82 Å². The number of fused-ring (bicyclic) bond motifs is 2. The Hall–Kier alpha value is -3.90. The number of hydrogen-bond donors (Lipinski definition) is 0. The summed E-state index contributed by atoms with van der Waals surface area (Å²) in [6.07, 6.45) is 4.31. The minimum Gasteiger partial charge on any atom is -0.489 e. The largest absolute Gasteiger partial charge is 0.489 e. The molecule has 6 rings (SSSR count). The fourth-order valence-corrected chi connectivity index (χ4v) is 4.92. The number of likely N-dealkylation sites (tertiary alicyclic amines) is 1. The molecular formula is C29H28N4O2. The van der Waals surface area contributed by atoms with E-state index in [-0.39, 0.29) is 5.56 Å². The van der Waals surface area contributed by atoms with Gasteiger partial charge in [-0.1, -0.05) is 48.5 Å². The molecule has 0 N–H and O–H groups in total. The van der Waals surface area contributed by atoms with E-state index in [1.807, 2.05) is 41.1 Å². The molecule has 6 nitrogen and oxygen atoms in total. The summed E-state index contributed by atoms with van der Waals surface area (Å²) >= 11 is 0. The lowest BCUT2D eigenvalue weighted by molar-refractivity contribution is 0.305. The summed E-state index contributed by atoms with van der Waals surface area (Å²) in [7, 11) is 0. The Morgan fingerprint density at radius 3 is 2.49 bits per heavy atom. The quantitative estimate of drug-likeness (QED) is 0.340. The molecule has 0 aliphatic carbocycles. The Morgan fingerprint density at radius 2 is 1.63 bits per heavy atom. The molecule has 1 aliphatic rings. The first-order valence-electron chi connectivity index (χ1n) is 12.3. The van der Waals surface area contributed by atoms with Gasteiger partial charge in [0.05, 0.1) is 12.1 Å². The summed E-state index contributed by atoms with van der Waals surface area (Å²) < 4.78 is 9.59. The van der Waals surface area contributed by atoms with Gasteiger partial charge in [0, 0.05) is 24.2 Å². The van der Waals surface area contributed by atoms with Gasteiger partial charge < -0.3 is 9.64 Å². The zero-order valence-electron chi connectivity index (χ0n) is 19.6. The molecule has 35 heavy (non-hydrogen) atoms. The molecule has 3 heterocycles. The number of para-hydroxylation sites is 1.